The van der Waals surface area contributed by atoms with Gasteiger partial charge >= 0.3 is 0 Å². The third-order valence-corrected chi connectivity index (χ3v) is 8.30. The number of carbonyl (C=O) groups excluding carboxylic acids is 2. The predicted octanol–water partition coefficient (Wildman–Crippen LogP) is 4.89. The van der Waals surface area contributed by atoms with Gasteiger partial charge in [-0.1, -0.05) is 32.1 Å². The lowest BCUT2D eigenvalue weighted by molar-refractivity contribution is -0.125. The molecule has 8 heteroatoms. The quantitative estimate of drug-likeness (QED) is 0.385. The molecule has 196 valence electrons. The first-order valence-electron chi connectivity index (χ1n) is 13.0. The number of hydrogen-bond donors (Lipinski definition) is 1. The fraction of sp³-hybridized carbons (Fsp3) is 0.258. The normalized spacial score (nSPS) is 22.2. The number of halogens is 1. The van der Waals surface area contributed by atoms with Crippen molar-refractivity contribution in [2.45, 2.75) is 39.0 Å². The Morgan fingerprint density at radius 3 is 2.44 bits per heavy atom. The van der Waals surface area contributed by atoms with Crippen molar-refractivity contribution in [1.82, 2.24) is 20.0 Å². The molecule has 0 fully saturated rings. The SMILES string of the molecule is Cc1cc(-c2ccc(-n3nc(-c4ccc(F)cc4)c4c3[C@]3(C)C=C(C(N)=O)C(=O)[C@H](C)[C@H]3CC4)cc2)cnn1. The molecule has 3 atom stereocenters. The fourth-order valence-electron chi connectivity index (χ4n) is 6.40. The number of nitrogens with two attached hydrogens (primary N) is 1. The van der Waals surface area contributed by atoms with Gasteiger partial charge in [0.25, 0.3) is 5.91 Å². The summed E-state index contributed by atoms with van der Waals surface area (Å²) < 4.78 is 15.7. The topological polar surface area (TPSA) is 104 Å². The number of Topliss-reactive ketones (excluding diaryl/α,β-unsaturated/α-hetero) is 1. The van der Waals surface area contributed by atoms with Crippen LogP contribution in [0.3, 0.4) is 0 Å². The molecular weight excluding hydrogens is 493 g/mol. The van der Waals surface area contributed by atoms with Gasteiger partial charge in [0.15, 0.2) is 5.78 Å². The van der Waals surface area contributed by atoms with Crippen molar-refractivity contribution in [3.8, 4) is 28.1 Å². The van der Waals surface area contributed by atoms with Crippen molar-refractivity contribution in [2.75, 3.05) is 0 Å². The minimum atomic E-state index is -0.714. The molecule has 7 nitrogen and oxygen atoms in total. The third kappa shape index (κ3) is 3.98. The first-order valence-corrected chi connectivity index (χ1v) is 13.0. The zero-order chi connectivity index (χ0) is 27.5. The number of aromatic nitrogens is 4. The summed E-state index contributed by atoms with van der Waals surface area (Å²) >= 11 is 0. The molecule has 2 heterocycles. The van der Waals surface area contributed by atoms with Gasteiger partial charge in [0, 0.05) is 28.0 Å². The molecule has 0 bridgehead atoms. The van der Waals surface area contributed by atoms with Crippen molar-refractivity contribution in [3.05, 3.63) is 95.2 Å². The summed E-state index contributed by atoms with van der Waals surface area (Å²) in [5.41, 5.74) is 12.2. The molecule has 0 saturated carbocycles. The standard InChI is InChI=1S/C31H28FN5O2/c1-17-14-21(16-34-35-17)19-6-10-23(11-7-19)37-29-24(27(36-37)20-4-8-22(32)9-5-20)12-13-26-18(2)28(38)25(30(33)39)15-31(26,29)3/h4-11,14-16,18,26H,12-13H2,1-3H3,(H2,33,39)/t18-,26-,31-/m1/s1. The highest BCUT2D eigenvalue weighted by Crippen LogP contribution is 2.52. The Kier molecular flexibility index (Phi) is 5.79. The maximum Gasteiger partial charge on any atom is 0.252 e. The highest BCUT2D eigenvalue weighted by atomic mass is 19.1. The highest BCUT2D eigenvalue weighted by Gasteiger charge is 2.51. The largest absolute Gasteiger partial charge is 0.365 e. The number of rotatable bonds is 4. The van der Waals surface area contributed by atoms with Crippen LogP contribution in [-0.2, 0) is 21.4 Å². The maximum absolute atomic E-state index is 13.8. The molecule has 1 amide bonds. The fourth-order valence-corrected chi connectivity index (χ4v) is 6.40. The van der Waals surface area contributed by atoms with Crippen molar-refractivity contribution in [1.29, 1.82) is 0 Å². The van der Waals surface area contributed by atoms with E-state index in [9.17, 15) is 14.0 Å². The van der Waals surface area contributed by atoms with E-state index in [2.05, 4.69) is 17.1 Å². The predicted molar refractivity (Wildman–Crippen MR) is 145 cm³/mol. The number of ketones is 1. The van der Waals surface area contributed by atoms with Crippen LogP contribution in [0.2, 0.25) is 0 Å². The van der Waals surface area contributed by atoms with E-state index >= 15 is 0 Å². The van der Waals surface area contributed by atoms with Crippen LogP contribution in [-0.4, -0.2) is 31.7 Å². The Labute approximate surface area is 225 Å². The summed E-state index contributed by atoms with van der Waals surface area (Å²) in [6, 6.07) is 16.3. The van der Waals surface area contributed by atoms with Gasteiger partial charge in [-0.05, 0) is 73.7 Å². The summed E-state index contributed by atoms with van der Waals surface area (Å²) in [5, 5.41) is 13.2. The second-order valence-corrected chi connectivity index (χ2v) is 10.7. The summed E-state index contributed by atoms with van der Waals surface area (Å²) in [6.45, 7) is 5.85. The molecule has 2 aliphatic rings. The van der Waals surface area contributed by atoms with Crippen LogP contribution in [0.4, 0.5) is 4.39 Å². The zero-order valence-corrected chi connectivity index (χ0v) is 22.0. The smallest absolute Gasteiger partial charge is 0.252 e. The number of benzene rings is 2. The van der Waals surface area contributed by atoms with Gasteiger partial charge < -0.3 is 5.73 Å². The molecule has 2 aromatic heterocycles. The third-order valence-electron chi connectivity index (χ3n) is 8.30. The van der Waals surface area contributed by atoms with Crippen molar-refractivity contribution in [3.63, 3.8) is 0 Å². The van der Waals surface area contributed by atoms with E-state index in [0.29, 0.717) is 6.42 Å². The lowest BCUT2D eigenvalue weighted by Crippen LogP contribution is -2.48. The van der Waals surface area contributed by atoms with E-state index in [4.69, 9.17) is 10.8 Å². The average molecular weight is 522 g/mol. The number of nitrogens with zero attached hydrogens (tertiary/aromatic N) is 4. The number of allylic oxidation sites excluding steroid dienone is 1. The van der Waals surface area contributed by atoms with Gasteiger partial charge in [-0.3, -0.25) is 9.59 Å². The molecule has 2 N–H and O–H groups in total. The van der Waals surface area contributed by atoms with Crippen LogP contribution in [0.5, 0.6) is 0 Å². The van der Waals surface area contributed by atoms with Crippen LogP contribution in [0, 0.1) is 24.6 Å². The summed E-state index contributed by atoms with van der Waals surface area (Å²) in [6.07, 6.45) is 4.95. The van der Waals surface area contributed by atoms with Crippen LogP contribution in [0.15, 0.2) is 72.4 Å². The molecule has 2 aliphatic carbocycles. The average Bonchev–Trinajstić information content (AvgIpc) is 3.32. The second kappa shape index (κ2) is 9.08. The van der Waals surface area contributed by atoms with Gasteiger partial charge in [0.1, 0.15) is 5.82 Å². The Morgan fingerprint density at radius 1 is 1.08 bits per heavy atom. The van der Waals surface area contributed by atoms with E-state index in [-0.39, 0.29) is 29.0 Å². The summed E-state index contributed by atoms with van der Waals surface area (Å²) in [7, 11) is 0. The first kappa shape index (κ1) is 24.9. The second-order valence-electron chi connectivity index (χ2n) is 10.7. The molecular formula is C31H28FN5O2. The molecule has 0 unspecified atom stereocenters. The van der Waals surface area contributed by atoms with Gasteiger partial charge in [-0.15, -0.1) is 0 Å². The van der Waals surface area contributed by atoms with E-state index in [1.165, 1.54) is 12.1 Å². The number of hydrogen-bond acceptors (Lipinski definition) is 5. The molecule has 6 rings (SSSR count). The van der Waals surface area contributed by atoms with Crippen LogP contribution >= 0.6 is 0 Å². The molecule has 0 aliphatic heterocycles. The minimum Gasteiger partial charge on any atom is -0.365 e. The van der Waals surface area contributed by atoms with Gasteiger partial charge in [0.2, 0.25) is 0 Å². The molecule has 4 aromatic rings. The molecule has 2 aromatic carbocycles. The summed E-state index contributed by atoms with van der Waals surface area (Å²) in [5.74, 6) is -1.62. The number of fused-ring (bicyclic) bond motifs is 3. The van der Waals surface area contributed by atoms with Gasteiger partial charge in [-0.2, -0.15) is 15.3 Å². The number of amides is 1. The Morgan fingerprint density at radius 2 is 1.77 bits per heavy atom. The van der Waals surface area contributed by atoms with E-state index < -0.39 is 11.3 Å². The van der Waals surface area contributed by atoms with Crippen LogP contribution < -0.4 is 5.73 Å². The molecule has 0 saturated heterocycles. The van der Waals surface area contributed by atoms with Gasteiger partial charge in [-0.25, -0.2) is 9.07 Å². The zero-order valence-electron chi connectivity index (χ0n) is 22.0. The number of primary amides is 1. The Hall–Kier alpha value is -4.46. The van der Waals surface area contributed by atoms with E-state index in [1.54, 1.807) is 24.4 Å². The minimum absolute atomic E-state index is 0.0257. The molecule has 0 radical (unpaired) electrons. The number of aryl methyl sites for hydroxylation is 1. The lowest BCUT2D eigenvalue weighted by atomic mass is 9.57. The van der Waals surface area contributed by atoms with Gasteiger partial charge in [0.05, 0.1) is 34.5 Å². The van der Waals surface area contributed by atoms with Crippen molar-refractivity contribution < 1.29 is 14.0 Å². The summed E-state index contributed by atoms with van der Waals surface area (Å²) in [4.78, 5) is 25.4. The van der Waals surface area contributed by atoms with E-state index in [1.807, 2.05) is 48.9 Å². The molecule has 0 spiro atoms. The lowest BCUT2D eigenvalue weighted by Gasteiger charge is -2.45. The van der Waals surface area contributed by atoms with Crippen molar-refractivity contribution in [2.24, 2.45) is 17.6 Å². The first-order chi connectivity index (χ1) is 18.7. The van der Waals surface area contributed by atoms with E-state index in [0.717, 1.165) is 51.4 Å². The van der Waals surface area contributed by atoms with Crippen LogP contribution in [0.25, 0.3) is 28.1 Å². The highest BCUT2D eigenvalue weighted by molar-refractivity contribution is 6.20. The number of carbonyl (C=O) groups is 2. The van der Waals surface area contributed by atoms with Crippen molar-refractivity contribution >= 4 is 11.7 Å². The Balaban J connectivity index is 1.57. The molecule has 39 heavy (non-hydrogen) atoms. The van der Waals surface area contributed by atoms with Crippen LogP contribution in [0.1, 0.15) is 37.2 Å². The maximum atomic E-state index is 13.8. The monoisotopic (exact) mass is 521 g/mol. The Bertz CT molecular complexity index is 1660.